The van der Waals surface area contributed by atoms with Crippen LogP contribution in [-0.2, 0) is 22.7 Å². The van der Waals surface area contributed by atoms with Crippen molar-refractivity contribution in [2.45, 2.75) is 20.1 Å². The van der Waals surface area contributed by atoms with Gasteiger partial charge in [-0.2, -0.15) is 0 Å². The van der Waals surface area contributed by atoms with E-state index in [2.05, 4.69) is 5.32 Å². The third-order valence-corrected chi connectivity index (χ3v) is 2.34. The van der Waals surface area contributed by atoms with Crippen molar-refractivity contribution >= 4 is 5.97 Å². The highest BCUT2D eigenvalue weighted by Gasteiger charge is 1.94. The van der Waals surface area contributed by atoms with E-state index in [-0.39, 0.29) is 12.6 Å². The summed E-state index contributed by atoms with van der Waals surface area (Å²) >= 11 is 0. The molecular formula is C14H19NO3. The molecular weight excluding hydrogens is 230 g/mol. The molecule has 0 saturated carbocycles. The molecule has 1 aromatic rings. The van der Waals surface area contributed by atoms with Crippen LogP contribution in [0.5, 0.6) is 0 Å². The standard InChI is InChI=1S/C14H19NO3/c1-2-18-14(17)4-3-9-15-10-12-5-7-13(11-16)8-6-12/h3-8,15-16H,2,9-11H2,1H3/b4-3+. The fourth-order valence-corrected chi connectivity index (χ4v) is 1.41. The Hall–Kier alpha value is -1.65. The number of nitrogens with one attached hydrogen (secondary N) is 1. The first-order valence-electron chi connectivity index (χ1n) is 5.99. The average molecular weight is 249 g/mol. The van der Waals surface area contributed by atoms with E-state index in [0.29, 0.717) is 13.2 Å². The predicted octanol–water partition coefficient (Wildman–Crippen LogP) is 1.39. The summed E-state index contributed by atoms with van der Waals surface area (Å²) in [6, 6.07) is 7.72. The molecule has 0 aromatic heterocycles. The zero-order chi connectivity index (χ0) is 13.2. The molecule has 0 spiro atoms. The molecule has 98 valence electrons. The van der Waals surface area contributed by atoms with Gasteiger partial charge in [0, 0.05) is 19.2 Å². The quantitative estimate of drug-likeness (QED) is 0.435. The van der Waals surface area contributed by atoms with Crippen molar-refractivity contribution in [3.8, 4) is 0 Å². The summed E-state index contributed by atoms with van der Waals surface area (Å²) in [5.74, 6) is -0.313. The highest BCUT2D eigenvalue weighted by molar-refractivity contribution is 5.81. The second-order valence-corrected chi connectivity index (χ2v) is 3.76. The third-order valence-electron chi connectivity index (χ3n) is 2.34. The lowest BCUT2D eigenvalue weighted by Gasteiger charge is -2.03. The van der Waals surface area contributed by atoms with Crippen LogP contribution < -0.4 is 5.32 Å². The first-order valence-corrected chi connectivity index (χ1v) is 5.99. The van der Waals surface area contributed by atoms with Crippen molar-refractivity contribution in [3.05, 3.63) is 47.5 Å². The molecule has 0 unspecified atom stereocenters. The smallest absolute Gasteiger partial charge is 0.330 e. The molecule has 0 aliphatic rings. The molecule has 1 rings (SSSR count). The van der Waals surface area contributed by atoms with Crippen LogP contribution in [0, 0.1) is 0 Å². The molecule has 0 aliphatic carbocycles. The van der Waals surface area contributed by atoms with Crippen LogP contribution in [0.3, 0.4) is 0 Å². The molecule has 0 atom stereocenters. The van der Waals surface area contributed by atoms with Gasteiger partial charge >= 0.3 is 5.97 Å². The summed E-state index contributed by atoms with van der Waals surface area (Å²) in [4.78, 5) is 11.0. The summed E-state index contributed by atoms with van der Waals surface area (Å²) < 4.78 is 4.76. The maximum Gasteiger partial charge on any atom is 0.330 e. The van der Waals surface area contributed by atoms with Crippen molar-refractivity contribution < 1.29 is 14.6 Å². The summed E-state index contributed by atoms with van der Waals surface area (Å²) in [7, 11) is 0. The maximum atomic E-state index is 11.0. The molecule has 0 bridgehead atoms. The Morgan fingerprint density at radius 3 is 2.61 bits per heavy atom. The minimum absolute atomic E-state index is 0.0655. The maximum absolute atomic E-state index is 11.0. The number of esters is 1. The van der Waals surface area contributed by atoms with Gasteiger partial charge in [0.25, 0.3) is 0 Å². The number of ether oxygens (including phenoxy) is 1. The summed E-state index contributed by atoms with van der Waals surface area (Å²) in [5, 5.41) is 12.1. The number of benzene rings is 1. The first kappa shape index (κ1) is 14.4. The van der Waals surface area contributed by atoms with E-state index in [4.69, 9.17) is 9.84 Å². The highest BCUT2D eigenvalue weighted by atomic mass is 16.5. The van der Waals surface area contributed by atoms with Gasteiger partial charge in [-0.05, 0) is 18.1 Å². The summed E-state index contributed by atoms with van der Waals surface area (Å²) in [5.41, 5.74) is 2.04. The van der Waals surface area contributed by atoms with E-state index in [1.165, 1.54) is 6.08 Å². The summed E-state index contributed by atoms with van der Waals surface area (Å²) in [6.07, 6.45) is 3.16. The first-order chi connectivity index (χ1) is 8.76. The van der Waals surface area contributed by atoms with E-state index < -0.39 is 0 Å². The number of carbonyl (C=O) groups excluding carboxylic acids is 1. The molecule has 0 aliphatic heterocycles. The largest absolute Gasteiger partial charge is 0.463 e. The number of carbonyl (C=O) groups is 1. The predicted molar refractivity (Wildman–Crippen MR) is 69.8 cm³/mol. The SMILES string of the molecule is CCOC(=O)/C=C/CNCc1ccc(CO)cc1. The van der Waals surface area contributed by atoms with Crippen molar-refractivity contribution in [1.82, 2.24) is 5.32 Å². The second-order valence-electron chi connectivity index (χ2n) is 3.76. The molecule has 0 heterocycles. The Morgan fingerprint density at radius 2 is 2.00 bits per heavy atom. The van der Waals surface area contributed by atoms with Crippen LogP contribution in [0.1, 0.15) is 18.1 Å². The summed E-state index contributed by atoms with van der Waals surface area (Å²) in [6.45, 7) is 3.57. The second kappa shape index (κ2) is 8.44. The number of aliphatic hydroxyl groups is 1. The van der Waals surface area contributed by atoms with Gasteiger partial charge in [0.05, 0.1) is 13.2 Å². The van der Waals surface area contributed by atoms with Gasteiger partial charge in [-0.1, -0.05) is 30.3 Å². The minimum Gasteiger partial charge on any atom is -0.463 e. The van der Waals surface area contributed by atoms with E-state index >= 15 is 0 Å². The topological polar surface area (TPSA) is 58.6 Å². The average Bonchev–Trinajstić information content (AvgIpc) is 2.39. The van der Waals surface area contributed by atoms with Gasteiger partial charge in [-0.15, -0.1) is 0 Å². The van der Waals surface area contributed by atoms with Gasteiger partial charge in [0.15, 0.2) is 0 Å². The van der Waals surface area contributed by atoms with Gasteiger partial charge in [0.1, 0.15) is 0 Å². The zero-order valence-electron chi connectivity index (χ0n) is 10.6. The number of hydrogen-bond donors (Lipinski definition) is 2. The van der Waals surface area contributed by atoms with E-state index in [0.717, 1.165) is 17.7 Å². The van der Waals surface area contributed by atoms with E-state index in [1.54, 1.807) is 13.0 Å². The van der Waals surface area contributed by atoms with Crippen molar-refractivity contribution in [2.24, 2.45) is 0 Å². The molecule has 4 nitrogen and oxygen atoms in total. The fraction of sp³-hybridized carbons (Fsp3) is 0.357. The Morgan fingerprint density at radius 1 is 1.33 bits per heavy atom. The van der Waals surface area contributed by atoms with E-state index in [9.17, 15) is 4.79 Å². The number of hydrogen-bond acceptors (Lipinski definition) is 4. The molecule has 0 fully saturated rings. The van der Waals surface area contributed by atoms with Crippen molar-refractivity contribution in [2.75, 3.05) is 13.2 Å². The number of rotatable bonds is 7. The van der Waals surface area contributed by atoms with Gasteiger partial charge in [-0.3, -0.25) is 0 Å². The van der Waals surface area contributed by atoms with Crippen LogP contribution in [0.2, 0.25) is 0 Å². The third kappa shape index (κ3) is 5.61. The van der Waals surface area contributed by atoms with Gasteiger partial charge in [0.2, 0.25) is 0 Å². The Labute approximate surface area is 107 Å². The highest BCUT2D eigenvalue weighted by Crippen LogP contribution is 2.03. The lowest BCUT2D eigenvalue weighted by molar-refractivity contribution is -0.137. The van der Waals surface area contributed by atoms with Crippen molar-refractivity contribution in [3.63, 3.8) is 0 Å². The minimum atomic E-state index is -0.313. The van der Waals surface area contributed by atoms with Crippen LogP contribution in [0.15, 0.2) is 36.4 Å². The van der Waals surface area contributed by atoms with Crippen molar-refractivity contribution in [1.29, 1.82) is 0 Å². The fourth-order valence-electron chi connectivity index (χ4n) is 1.41. The van der Waals surface area contributed by atoms with Crippen LogP contribution in [0.25, 0.3) is 0 Å². The van der Waals surface area contributed by atoms with Crippen LogP contribution in [-0.4, -0.2) is 24.2 Å². The molecule has 0 amide bonds. The zero-order valence-corrected chi connectivity index (χ0v) is 10.6. The molecule has 2 N–H and O–H groups in total. The lowest BCUT2D eigenvalue weighted by atomic mass is 10.1. The Kier molecular flexibility index (Phi) is 6.76. The monoisotopic (exact) mass is 249 g/mol. The van der Waals surface area contributed by atoms with E-state index in [1.807, 2.05) is 24.3 Å². The Balaban J connectivity index is 2.23. The molecule has 4 heteroatoms. The van der Waals surface area contributed by atoms with Gasteiger partial charge in [-0.25, -0.2) is 4.79 Å². The molecule has 0 radical (unpaired) electrons. The molecule has 18 heavy (non-hydrogen) atoms. The lowest BCUT2D eigenvalue weighted by Crippen LogP contribution is -2.13. The molecule has 0 saturated heterocycles. The van der Waals surface area contributed by atoms with Crippen LogP contribution >= 0.6 is 0 Å². The normalized spacial score (nSPS) is 10.8. The van der Waals surface area contributed by atoms with Crippen LogP contribution in [0.4, 0.5) is 0 Å². The molecule has 1 aromatic carbocycles. The Bertz CT molecular complexity index is 385. The van der Waals surface area contributed by atoms with Gasteiger partial charge < -0.3 is 15.2 Å². The number of aliphatic hydroxyl groups excluding tert-OH is 1.